The van der Waals surface area contributed by atoms with E-state index in [0.29, 0.717) is 11.8 Å². The molecule has 1 saturated carbocycles. The first-order valence-electron chi connectivity index (χ1n) is 7.12. The summed E-state index contributed by atoms with van der Waals surface area (Å²) in [5.74, 6) is 1.97. The molecule has 3 heteroatoms. The highest BCUT2D eigenvalue weighted by Crippen LogP contribution is 2.27. The van der Waals surface area contributed by atoms with Crippen molar-refractivity contribution in [3.8, 4) is 0 Å². The molecule has 0 bridgehead atoms. The lowest BCUT2D eigenvalue weighted by atomic mass is 9.82. The maximum absolute atomic E-state index is 12.0. The molecule has 2 nitrogen and oxygen atoms in total. The average Bonchev–Trinajstić information content (AvgIpc) is 2.45. The van der Waals surface area contributed by atoms with Crippen LogP contribution in [-0.2, 0) is 5.88 Å². The number of amides is 1. The van der Waals surface area contributed by atoms with Crippen LogP contribution in [0.1, 0.15) is 48.5 Å². The standard InChI is InChI=1S/C16H22ClNO/c1-12-3-2-4-14(9-12)11-18-16(19)15-7-5-13(10-17)6-8-15/h5-8,12,14H,2-4,9-11H2,1H3,(H,18,19). The molecule has 1 aromatic rings. The molecule has 2 rings (SSSR count). The number of alkyl halides is 1. The smallest absolute Gasteiger partial charge is 0.251 e. The van der Waals surface area contributed by atoms with Crippen molar-refractivity contribution in [2.75, 3.05) is 6.54 Å². The molecule has 0 spiro atoms. The van der Waals surface area contributed by atoms with Crippen LogP contribution < -0.4 is 5.32 Å². The first-order valence-corrected chi connectivity index (χ1v) is 7.65. The molecule has 1 aliphatic carbocycles. The van der Waals surface area contributed by atoms with Crippen molar-refractivity contribution in [3.05, 3.63) is 35.4 Å². The zero-order valence-electron chi connectivity index (χ0n) is 11.5. The van der Waals surface area contributed by atoms with Gasteiger partial charge in [0.1, 0.15) is 0 Å². The van der Waals surface area contributed by atoms with Gasteiger partial charge in [-0.2, -0.15) is 0 Å². The molecule has 1 aromatic carbocycles. The van der Waals surface area contributed by atoms with Gasteiger partial charge in [-0.1, -0.05) is 31.9 Å². The van der Waals surface area contributed by atoms with Crippen LogP contribution in [0.5, 0.6) is 0 Å². The summed E-state index contributed by atoms with van der Waals surface area (Å²) in [6, 6.07) is 7.50. The lowest BCUT2D eigenvalue weighted by molar-refractivity contribution is 0.0940. The Balaban J connectivity index is 1.83. The molecule has 1 fully saturated rings. The number of hydrogen-bond acceptors (Lipinski definition) is 1. The third-order valence-corrected chi connectivity index (χ3v) is 4.28. The van der Waals surface area contributed by atoms with Crippen LogP contribution in [0.3, 0.4) is 0 Å². The van der Waals surface area contributed by atoms with Gasteiger partial charge >= 0.3 is 0 Å². The second-order valence-corrected chi connectivity index (χ2v) is 5.95. The van der Waals surface area contributed by atoms with Gasteiger partial charge in [0.25, 0.3) is 5.91 Å². The van der Waals surface area contributed by atoms with Crippen LogP contribution in [0.25, 0.3) is 0 Å². The van der Waals surface area contributed by atoms with Gasteiger partial charge in [-0.3, -0.25) is 4.79 Å². The minimum absolute atomic E-state index is 0.0272. The molecule has 2 unspecified atom stereocenters. The van der Waals surface area contributed by atoms with Crippen molar-refractivity contribution < 1.29 is 4.79 Å². The summed E-state index contributed by atoms with van der Waals surface area (Å²) >= 11 is 5.73. The topological polar surface area (TPSA) is 29.1 Å². The molecule has 1 amide bonds. The van der Waals surface area contributed by atoms with Crippen molar-refractivity contribution in [2.24, 2.45) is 11.8 Å². The van der Waals surface area contributed by atoms with Gasteiger partial charge in [0, 0.05) is 18.0 Å². The number of hydrogen-bond donors (Lipinski definition) is 1. The van der Waals surface area contributed by atoms with Crippen LogP contribution in [-0.4, -0.2) is 12.5 Å². The second-order valence-electron chi connectivity index (χ2n) is 5.68. The highest BCUT2D eigenvalue weighted by atomic mass is 35.5. The highest BCUT2D eigenvalue weighted by Gasteiger charge is 2.19. The molecular formula is C16H22ClNO. The highest BCUT2D eigenvalue weighted by molar-refractivity contribution is 6.17. The number of benzene rings is 1. The summed E-state index contributed by atoms with van der Waals surface area (Å²) in [6.07, 6.45) is 5.12. The first-order chi connectivity index (χ1) is 9.19. The molecule has 104 valence electrons. The largest absolute Gasteiger partial charge is 0.352 e. The summed E-state index contributed by atoms with van der Waals surface area (Å²) in [7, 11) is 0. The summed E-state index contributed by atoms with van der Waals surface area (Å²) < 4.78 is 0. The molecule has 0 aliphatic heterocycles. The SMILES string of the molecule is CC1CCCC(CNC(=O)c2ccc(CCl)cc2)C1. The molecule has 1 N–H and O–H groups in total. The van der Waals surface area contributed by atoms with Crippen LogP contribution in [0.4, 0.5) is 0 Å². The fourth-order valence-corrected chi connectivity index (χ4v) is 3.01. The van der Waals surface area contributed by atoms with E-state index in [1.54, 1.807) is 0 Å². The average molecular weight is 280 g/mol. The Kier molecular flexibility index (Phi) is 5.26. The van der Waals surface area contributed by atoms with Gasteiger partial charge in [0.05, 0.1) is 0 Å². The van der Waals surface area contributed by atoms with E-state index in [4.69, 9.17) is 11.6 Å². The van der Waals surface area contributed by atoms with Crippen molar-refractivity contribution in [1.29, 1.82) is 0 Å². The molecule has 0 aromatic heterocycles. The van der Waals surface area contributed by atoms with E-state index >= 15 is 0 Å². The Labute approximate surface area is 120 Å². The van der Waals surface area contributed by atoms with Gasteiger partial charge in [0.2, 0.25) is 0 Å². The Bertz CT molecular complexity index is 415. The van der Waals surface area contributed by atoms with Crippen LogP contribution in [0.15, 0.2) is 24.3 Å². The van der Waals surface area contributed by atoms with Gasteiger partial charge < -0.3 is 5.32 Å². The summed E-state index contributed by atoms with van der Waals surface area (Å²) in [6.45, 7) is 3.11. The van der Waals surface area contributed by atoms with E-state index in [9.17, 15) is 4.79 Å². The molecular weight excluding hydrogens is 258 g/mol. The number of halogens is 1. The normalized spacial score (nSPS) is 23.1. The lowest BCUT2D eigenvalue weighted by Crippen LogP contribution is -2.31. The molecule has 0 saturated heterocycles. The van der Waals surface area contributed by atoms with Crippen LogP contribution in [0, 0.1) is 11.8 Å². The first kappa shape index (κ1) is 14.4. The maximum Gasteiger partial charge on any atom is 0.251 e. The van der Waals surface area contributed by atoms with E-state index in [0.717, 1.165) is 23.6 Å². The van der Waals surface area contributed by atoms with E-state index in [1.165, 1.54) is 25.7 Å². The predicted octanol–water partition coefficient (Wildman–Crippen LogP) is 3.98. The van der Waals surface area contributed by atoms with Gasteiger partial charge in [-0.25, -0.2) is 0 Å². The monoisotopic (exact) mass is 279 g/mol. The minimum Gasteiger partial charge on any atom is -0.352 e. The third kappa shape index (κ3) is 4.24. The summed E-state index contributed by atoms with van der Waals surface area (Å²) in [5, 5.41) is 3.05. The number of carbonyl (C=O) groups is 1. The molecule has 0 radical (unpaired) electrons. The number of nitrogens with one attached hydrogen (secondary N) is 1. The van der Waals surface area contributed by atoms with Crippen molar-refractivity contribution >= 4 is 17.5 Å². The van der Waals surface area contributed by atoms with Crippen molar-refractivity contribution in [1.82, 2.24) is 5.32 Å². The maximum atomic E-state index is 12.0. The Morgan fingerprint density at radius 1 is 1.32 bits per heavy atom. The van der Waals surface area contributed by atoms with E-state index < -0.39 is 0 Å². The zero-order chi connectivity index (χ0) is 13.7. The lowest BCUT2D eigenvalue weighted by Gasteiger charge is -2.26. The fourth-order valence-electron chi connectivity index (χ4n) is 2.83. The fraction of sp³-hybridized carbons (Fsp3) is 0.562. The Morgan fingerprint density at radius 2 is 2.05 bits per heavy atom. The number of carbonyl (C=O) groups excluding carboxylic acids is 1. The summed E-state index contributed by atoms with van der Waals surface area (Å²) in [5.41, 5.74) is 1.76. The summed E-state index contributed by atoms with van der Waals surface area (Å²) in [4.78, 5) is 12.0. The zero-order valence-corrected chi connectivity index (χ0v) is 12.2. The van der Waals surface area contributed by atoms with Crippen molar-refractivity contribution in [2.45, 2.75) is 38.5 Å². The Morgan fingerprint density at radius 3 is 2.68 bits per heavy atom. The number of rotatable bonds is 4. The van der Waals surface area contributed by atoms with Crippen LogP contribution >= 0.6 is 11.6 Å². The van der Waals surface area contributed by atoms with E-state index in [1.807, 2.05) is 24.3 Å². The van der Waals surface area contributed by atoms with E-state index in [2.05, 4.69) is 12.2 Å². The van der Waals surface area contributed by atoms with Crippen LogP contribution in [0.2, 0.25) is 0 Å². The second kappa shape index (κ2) is 6.95. The Hall–Kier alpha value is -1.02. The molecule has 19 heavy (non-hydrogen) atoms. The predicted molar refractivity (Wildman–Crippen MR) is 79.5 cm³/mol. The van der Waals surface area contributed by atoms with Gasteiger partial charge in [0.15, 0.2) is 0 Å². The third-order valence-electron chi connectivity index (χ3n) is 3.97. The van der Waals surface area contributed by atoms with E-state index in [-0.39, 0.29) is 5.91 Å². The van der Waals surface area contributed by atoms with Gasteiger partial charge in [-0.15, -0.1) is 11.6 Å². The molecule has 2 atom stereocenters. The molecule has 0 heterocycles. The quantitative estimate of drug-likeness (QED) is 0.830. The van der Waals surface area contributed by atoms with Gasteiger partial charge in [-0.05, 0) is 42.4 Å². The molecule has 1 aliphatic rings. The van der Waals surface area contributed by atoms with Crippen molar-refractivity contribution in [3.63, 3.8) is 0 Å². The minimum atomic E-state index is 0.0272.